The molecule has 7 nitrogen and oxygen atoms in total. The number of urea groups is 1. The number of carbonyl (C=O) groups is 1. The maximum absolute atomic E-state index is 12.7. The summed E-state index contributed by atoms with van der Waals surface area (Å²) >= 11 is 0. The van der Waals surface area contributed by atoms with Crippen molar-refractivity contribution < 1.29 is 9.53 Å². The Kier molecular flexibility index (Phi) is 5.36. The Morgan fingerprint density at radius 3 is 2.81 bits per heavy atom. The van der Waals surface area contributed by atoms with Crippen LogP contribution < -0.4 is 15.0 Å². The molecule has 1 aliphatic carbocycles. The van der Waals surface area contributed by atoms with Gasteiger partial charge >= 0.3 is 6.03 Å². The number of methoxy groups -OCH3 is 1. The lowest BCUT2D eigenvalue weighted by molar-refractivity contribution is 0.185. The number of nitrogens with one attached hydrogen (secondary N) is 1. The quantitative estimate of drug-likeness (QED) is 0.882. The molecule has 2 saturated heterocycles. The first kappa shape index (κ1) is 18.3. The minimum Gasteiger partial charge on any atom is -0.481 e. The van der Waals surface area contributed by atoms with Gasteiger partial charge in [-0.25, -0.2) is 14.8 Å². The van der Waals surface area contributed by atoms with Crippen molar-refractivity contribution in [2.75, 3.05) is 38.2 Å². The van der Waals surface area contributed by atoms with Gasteiger partial charge in [0.05, 0.1) is 7.11 Å². The molecule has 1 saturated carbocycles. The van der Waals surface area contributed by atoms with Gasteiger partial charge in [0.15, 0.2) is 0 Å². The fraction of sp³-hybridized carbons (Fsp3) is 0.750. The molecule has 3 aliphatic rings. The van der Waals surface area contributed by atoms with E-state index >= 15 is 0 Å². The van der Waals surface area contributed by atoms with E-state index in [-0.39, 0.29) is 11.4 Å². The van der Waals surface area contributed by atoms with Gasteiger partial charge in [-0.3, -0.25) is 0 Å². The topological polar surface area (TPSA) is 70.6 Å². The van der Waals surface area contributed by atoms with E-state index in [0.717, 1.165) is 57.7 Å². The Morgan fingerprint density at radius 1 is 1.15 bits per heavy atom. The summed E-state index contributed by atoms with van der Waals surface area (Å²) in [5.41, 5.74) is 0.181. The van der Waals surface area contributed by atoms with Crippen LogP contribution in [0.3, 0.4) is 0 Å². The van der Waals surface area contributed by atoms with Gasteiger partial charge in [0.2, 0.25) is 5.88 Å². The van der Waals surface area contributed by atoms with Gasteiger partial charge in [-0.1, -0.05) is 19.3 Å². The van der Waals surface area contributed by atoms with Gasteiger partial charge in [0.25, 0.3) is 0 Å². The summed E-state index contributed by atoms with van der Waals surface area (Å²) in [6.07, 6.45) is 11.0. The van der Waals surface area contributed by atoms with Crippen molar-refractivity contribution in [1.29, 1.82) is 0 Å². The van der Waals surface area contributed by atoms with Crippen LogP contribution in [0.5, 0.6) is 5.88 Å². The van der Waals surface area contributed by atoms with E-state index in [1.165, 1.54) is 25.7 Å². The van der Waals surface area contributed by atoms with Crippen LogP contribution in [0.2, 0.25) is 0 Å². The summed E-state index contributed by atoms with van der Waals surface area (Å²) in [5.74, 6) is 1.52. The molecule has 1 spiro atoms. The van der Waals surface area contributed by atoms with Crippen molar-refractivity contribution >= 4 is 11.8 Å². The fourth-order valence-electron chi connectivity index (χ4n) is 4.97. The molecule has 3 fully saturated rings. The summed E-state index contributed by atoms with van der Waals surface area (Å²) in [4.78, 5) is 25.7. The number of ether oxygens (including phenoxy) is 1. The highest BCUT2D eigenvalue weighted by atomic mass is 16.5. The summed E-state index contributed by atoms with van der Waals surface area (Å²) in [6, 6.07) is 2.42. The number of piperidine rings is 1. The SMILES string of the molecule is COc1cc(N2CCC[C@]3(CCN(C(=O)NC4CCCCC4)C3)C2)ncn1. The van der Waals surface area contributed by atoms with E-state index in [1.54, 1.807) is 13.4 Å². The molecular weight excluding hydrogens is 342 g/mol. The van der Waals surface area contributed by atoms with Crippen LogP contribution in [0.1, 0.15) is 51.4 Å². The highest BCUT2D eigenvalue weighted by Gasteiger charge is 2.43. The zero-order valence-corrected chi connectivity index (χ0v) is 16.3. The van der Waals surface area contributed by atoms with Gasteiger partial charge in [-0.15, -0.1) is 0 Å². The molecule has 0 bridgehead atoms. The second-order valence-electron chi connectivity index (χ2n) is 8.40. The second-order valence-corrected chi connectivity index (χ2v) is 8.40. The predicted octanol–water partition coefficient (Wildman–Crippen LogP) is 2.82. The van der Waals surface area contributed by atoms with Crippen molar-refractivity contribution in [3.63, 3.8) is 0 Å². The number of hydrogen-bond acceptors (Lipinski definition) is 5. The number of carbonyl (C=O) groups excluding carboxylic acids is 1. The molecule has 1 aromatic rings. The minimum absolute atomic E-state index is 0.139. The van der Waals surface area contributed by atoms with Crippen LogP contribution >= 0.6 is 0 Å². The molecule has 1 N–H and O–H groups in total. The standard InChI is InChI=1S/C20H31N5O2/c1-27-18-12-17(21-15-22-18)24-10-5-8-20(13-24)9-11-25(14-20)19(26)23-16-6-3-2-4-7-16/h12,15-16H,2-11,13-14H2,1H3,(H,23,26)/t20-/m0/s1. The zero-order chi connectivity index (χ0) is 18.7. The van der Waals surface area contributed by atoms with Crippen LogP contribution in [-0.4, -0.2) is 60.2 Å². The Bertz CT molecular complexity index is 664. The molecule has 4 rings (SSSR count). The maximum Gasteiger partial charge on any atom is 0.317 e. The summed E-state index contributed by atoms with van der Waals surface area (Å²) in [5, 5.41) is 3.28. The first-order valence-electron chi connectivity index (χ1n) is 10.3. The number of rotatable bonds is 3. The summed E-state index contributed by atoms with van der Waals surface area (Å²) in [7, 11) is 1.63. The third-order valence-corrected chi connectivity index (χ3v) is 6.48. The van der Waals surface area contributed by atoms with Crippen molar-refractivity contribution in [2.45, 2.75) is 57.4 Å². The fourth-order valence-corrected chi connectivity index (χ4v) is 4.97. The Morgan fingerprint density at radius 2 is 2.00 bits per heavy atom. The number of anilines is 1. The summed E-state index contributed by atoms with van der Waals surface area (Å²) in [6.45, 7) is 3.65. The number of hydrogen-bond donors (Lipinski definition) is 1. The van der Waals surface area contributed by atoms with E-state index in [4.69, 9.17) is 4.74 Å². The molecule has 2 aliphatic heterocycles. The van der Waals surface area contributed by atoms with E-state index in [0.29, 0.717) is 11.9 Å². The molecule has 0 unspecified atom stereocenters. The summed E-state index contributed by atoms with van der Waals surface area (Å²) < 4.78 is 5.24. The number of amides is 2. The van der Waals surface area contributed by atoms with Crippen LogP contribution in [0.4, 0.5) is 10.6 Å². The minimum atomic E-state index is 0.139. The highest BCUT2D eigenvalue weighted by molar-refractivity contribution is 5.75. The van der Waals surface area contributed by atoms with Crippen molar-refractivity contribution in [3.05, 3.63) is 12.4 Å². The molecule has 148 valence electrons. The van der Waals surface area contributed by atoms with E-state index in [1.807, 2.05) is 11.0 Å². The maximum atomic E-state index is 12.7. The normalized spacial score (nSPS) is 26.4. The molecule has 0 radical (unpaired) electrons. The third-order valence-electron chi connectivity index (χ3n) is 6.48. The van der Waals surface area contributed by atoms with Crippen molar-refractivity contribution in [3.8, 4) is 5.88 Å². The van der Waals surface area contributed by atoms with Gasteiger partial charge < -0.3 is 19.9 Å². The number of aromatic nitrogens is 2. The average Bonchev–Trinajstić information content (AvgIpc) is 3.12. The van der Waals surface area contributed by atoms with Crippen molar-refractivity contribution in [1.82, 2.24) is 20.2 Å². The lowest BCUT2D eigenvalue weighted by atomic mass is 9.79. The molecule has 7 heteroatoms. The first-order chi connectivity index (χ1) is 13.2. The Labute approximate surface area is 161 Å². The zero-order valence-electron chi connectivity index (χ0n) is 16.3. The molecule has 1 atom stereocenters. The molecule has 3 heterocycles. The molecule has 2 amide bonds. The predicted molar refractivity (Wildman–Crippen MR) is 104 cm³/mol. The van der Waals surface area contributed by atoms with Crippen LogP contribution in [-0.2, 0) is 0 Å². The van der Waals surface area contributed by atoms with Crippen LogP contribution in [0.15, 0.2) is 12.4 Å². The average molecular weight is 374 g/mol. The van der Waals surface area contributed by atoms with Crippen LogP contribution in [0, 0.1) is 5.41 Å². The molecule has 0 aromatic carbocycles. The lowest BCUT2D eigenvalue weighted by Crippen LogP contribution is -2.48. The Balaban J connectivity index is 1.37. The third kappa shape index (κ3) is 4.12. The molecular formula is C20H31N5O2. The van der Waals surface area contributed by atoms with Gasteiger partial charge in [0, 0.05) is 43.7 Å². The first-order valence-corrected chi connectivity index (χ1v) is 10.3. The number of nitrogens with zero attached hydrogens (tertiary/aromatic N) is 4. The number of likely N-dealkylation sites (tertiary alicyclic amines) is 1. The largest absolute Gasteiger partial charge is 0.481 e. The van der Waals surface area contributed by atoms with E-state index in [9.17, 15) is 4.79 Å². The van der Waals surface area contributed by atoms with Gasteiger partial charge in [-0.05, 0) is 32.1 Å². The van der Waals surface area contributed by atoms with Crippen molar-refractivity contribution in [2.24, 2.45) is 5.41 Å². The smallest absolute Gasteiger partial charge is 0.317 e. The van der Waals surface area contributed by atoms with E-state index < -0.39 is 0 Å². The van der Waals surface area contributed by atoms with Gasteiger partial charge in [0.1, 0.15) is 12.1 Å². The lowest BCUT2D eigenvalue weighted by Gasteiger charge is -2.41. The highest BCUT2D eigenvalue weighted by Crippen LogP contribution is 2.40. The molecule has 27 heavy (non-hydrogen) atoms. The molecule has 1 aromatic heterocycles. The Hall–Kier alpha value is -2.05. The monoisotopic (exact) mass is 373 g/mol. The van der Waals surface area contributed by atoms with E-state index in [2.05, 4.69) is 20.2 Å². The van der Waals surface area contributed by atoms with Gasteiger partial charge in [-0.2, -0.15) is 0 Å². The van der Waals surface area contributed by atoms with Crippen LogP contribution in [0.25, 0.3) is 0 Å². The second kappa shape index (κ2) is 7.90.